The number of hydrogen-bond acceptors (Lipinski definition) is 8. The molecule has 3 amide bonds. The fourth-order valence-electron chi connectivity index (χ4n) is 8.85. The van der Waals surface area contributed by atoms with Crippen molar-refractivity contribution >= 4 is 45.0 Å². The molecule has 1 heterocycles. The van der Waals surface area contributed by atoms with Crippen LogP contribution in [0.4, 0.5) is 23.7 Å². The molecule has 1 aliphatic heterocycles. The fourth-order valence-corrected chi connectivity index (χ4v) is 11.3. The van der Waals surface area contributed by atoms with Crippen LogP contribution in [0.2, 0.25) is 5.02 Å². The van der Waals surface area contributed by atoms with E-state index in [1.54, 1.807) is 0 Å². The van der Waals surface area contributed by atoms with Gasteiger partial charge in [0.15, 0.2) is 27.3 Å². The lowest BCUT2D eigenvalue weighted by molar-refractivity contribution is -0.314. The van der Waals surface area contributed by atoms with Crippen LogP contribution in [-0.4, -0.2) is 84.6 Å². The van der Waals surface area contributed by atoms with Crippen LogP contribution in [0.15, 0.2) is 35.2 Å². The molecule has 0 radical (unpaired) electrons. The number of amides is 3. The van der Waals surface area contributed by atoms with Crippen molar-refractivity contribution in [2.24, 2.45) is 23.2 Å². The Kier molecular flexibility index (Phi) is 8.29. The molecule has 2 aromatic rings. The minimum atomic E-state index is -4.17. The number of methoxy groups -OCH3 is 1. The van der Waals surface area contributed by atoms with E-state index in [4.69, 9.17) is 16.3 Å². The third-order valence-corrected chi connectivity index (χ3v) is 13.2. The van der Waals surface area contributed by atoms with E-state index in [1.165, 1.54) is 12.1 Å². The molecule has 1 saturated heterocycles. The topological polar surface area (TPSA) is 162 Å². The Morgan fingerprint density at radius 1 is 1.11 bits per heavy atom. The SMILES string of the molecule is COC(=O)N1C[C@H](O)C[C@H]1C(=O)NC[C@@]1(O)C2C[C@@H](S(=O)(=O)c3cc(C(=O)Nc4cc(F)c(F)c(F)c4)ccc3Cl)CC23C[C@H](C)C31. The van der Waals surface area contributed by atoms with E-state index in [-0.39, 0.29) is 65.4 Å². The van der Waals surface area contributed by atoms with E-state index in [0.29, 0.717) is 18.6 Å². The van der Waals surface area contributed by atoms with Gasteiger partial charge in [-0.2, -0.15) is 0 Å². The first-order valence-electron chi connectivity index (χ1n) is 15.1. The van der Waals surface area contributed by atoms with Gasteiger partial charge in [-0.3, -0.25) is 14.5 Å². The molecule has 4 N–H and O–H groups in total. The number of rotatable bonds is 7. The van der Waals surface area contributed by atoms with Crippen LogP contribution in [0.25, 0.3) is 0 Å². The summed E-state index contributed by atoms with van der Waals surface area (Å²) >= 11 is 6.33. The molecule has 11 nitrogen and oxygen atoms in total. The number of halogens is 4. The van der Waals surface area contributed by atoms with Gasteiger partial charge < -0.3 is 25.6 Å². The van der Waals surface area contributed by atoms with Crippen molar-refractivity contribution in [3.05, 3.63) is 58.4 Å². The average Bonchev–Trinajstić information content (AvgIpc) is 3.59. The second kappa shape index (κ2) is 11.6. The summed E-state index contributed by atoms with van der Waals surface area (Å²) in [4.78, 5) is 38.9. The number of hydrogen-bond donors (Lipinski definition) is 4. The molecule has 0 aromatic heterocycles. The highest BCUT2D eigenvalue weighted by Gasteiger charge is 2.79. The lowest BCUT2D eigenvalue weighted by Crippen LogP contribution is -2.78. The van der Waals surface area contributed by atoms with Crippen molar-refractivity contribution in [2.45, 2.75) is 60.5 Å². The Morgan fingerprint density at radius 3 is 2.43 bits per heavy atom. The Balaban J connectivity index is 1.19. The standard InChI is InChI=1S/C31H33ClF3N3O8S/c1-14-10-30-11-18(9-24(30)31(43,26(14)30)13-36-28(41)22-8-17(39)12-38(22)29(42)46-2)47(44,45)23-5-15(3-4-19(23)32)27(40)37-16-6-20(33)25(35)21(34)7-16/h3-7,14,17-18,22,24,26,39,43H,8-13H2,1-2H3,(H,36,41)(H,37,40)/t14-,17+,18+,22-,24?,26?,30?,31+/m0/s1. The molecule has 2 aromatic carbocycles. The summed E-state index contributed by atoms with van der Waals surface area (Å²) in [6, 6.07) is 3.70. The Hall–Kier alpha value is -3.40. The summed E-state index contributed by atoms with van der Waals surface area (Å²) in [5.41, 5.74) is -2.45. The highest BCUT2D eigenvalue weighted by Crippen LogP contribution is 2.78. The van der Waals surface area contributed by atoms with Crippen molar-refractivity contribution in [1.29, 1.82) is 0 Å². The molecule has 16 heteroatoms. The number of sulfone groups is 1. The van der Waals surface area contributed by atoms with Gasteiger partial charge in [0.2, 0.25) is 5.91 Å². The molecule has 1 spiro atoms. The van der Waals surface area contributed by atoms with Crippen molar-refractivity contribution < 1.29 is 50.9 Å². The van der Waals surface area contributed by atoms with E-state index in [9.17, 15) is 46.2 Å². The second-order valence-corrected chi connectivity index (χ2v) is 15.7. The van der Waals surface area contributed by atoms with Gasteiger partial charge in [0.25, 0.3) is 5.91 Å². The predicted octanol–water partition coefficient (Wildman–Crippen LogP) is 3.27. The number of nitrogens with zero attached hydrogens (tertiary/aromatic N) is 1. The number of likely N-dealkylation sites (tertiary alicyclic amines) is 1. The quantitative estimate of drug-likeness (QED) is 0.320. The zero-order valence-electron chi connectivity index (χ0n) is 25.3. The summed E-state index contributed by atoms with van der Waals surface area (Å²) in [6.45, 7) is 1.70. The molecule has 4 fully saturated rings. The number of carbonyl (C=O) groups excluding carboxylic acids is 3. The number of carbonyl (C=O) groups is 3. The molecular weight excluding hydrogens is 667 g/mol. The molecule has 3 saturated carbocycles. The number of β-amino-alcohol motifs (C(OH)–C–C–N with tert-alkyl or cyclic N) is 1. The number of ether oxygens (including phenoxy) is 1. The second-order valence-electron chi connectivity index (χ2n) is 13.1. The zero-order valence-corrected chi connectivity index (χ0v) is 26.9. The summed E-state index contributed by atoms with van der Waals surface area (Å²) < 4.78 is 73.4. The maximum absolute atomic E-state index is 14.0. The summed E-state index contributed by atoms with van der Waals surface area (Å²) in [5.74, 6) is -6.94. The van der Waals surface area contributed by atoms with E-state index in [0.717, 1.165) is 18.1 Å². The van der Waals surface area contributed by atoms with Crippen molar-refractivity contribution in [3.63, 3.8) is 0 Å². The van der Waals surface area contributed by atoms with Crippen LogP contribution in [0.1, 0.15) is 43.0 Å². The predicted molar refractivity (Wildman–Crippen MR) is 161 cm³/mol. The normalized spacial score (nSPS) is 32.5. The third-order valence-electron chi connectivity index (χ3n) is 10.5. The number of aliphatic hydroxyl groups excluding tert-OH is 1. The van der Waals surface area contributed by atoms with Gasteiger partial charge in [-0.05, 0) is 60.6 Å². The Morgan fingerprint density at radius 2 is 1.79 bits per heavy atom. The molecule has 3 unspecified atom stereocenters. The van der Waals surface area contributed by atoms with Crippen LogP contribution in [0.5, 0.6) is 0 Å². The number of aliphatic hydroxyl groups is 2. The summed E-state index contributed by atoms with van der Waals surface area (Å²) in [6.07, 6.45) is -0.703. The van der Waals surface area contributed by atoms with Crippen molar-refractivity contribution in [2.75, 3.05) is 25.5 Å². The van der Waals surface area contributed by atoms with Crippen LogP contribution in [-0.2, 0) is 19.4 Å². The minimum Gasteiger partial charge on any atom is -0.453 e. The van der Waals surface area contributed by atoms with Gasteiger partial charge in [0, 0.05) is 36.3 Å². The number of anilines is 1. The molecule has 4 aliphatic rings. The lowest BCUT2D eigenvalue weighted by Gasteiger charge is -2.73. The molecule has 47 heavy (non-hydrogen) atoms. The monoisotopic (exact) mass is 699 g/mol. The molecule has 3 aliphatic carbocycles. The summed E-state index contributed by atoms with van der Waals surface area (Å²) in [7, 11) is -3.01. The van der Waals surface area contributed by atoms with Gasteiger partial charge in [-0.25, -0.2) is 26.4 Å². The molecule has 8 atom stereocenters. The van der Waals surface area contributed by atoms with E-state index in [2.05, 4.69) is 10.6 Å². The van der Waals surface area contributed by atoms with Crippen LogP contribution >= 0.6 is 11.6 Å². The van der Waals surface area contributed by atoms with Gasteiger partial charge in [-0.15, -0.1) is 0 Å². The first kappa shape index (κ1) is 33.5. The van der Waals surface area contributed by atoms with Gasteiger partial charge >= 0.3 is 6.09 Å². The van der Waals surface area contributed by atoms with Crippen molar-refractivity contribution in [1.82, 2.24) is 10.2 Å². The molecule has 254 valence electrons. The summed E-state index contributed by atoms with van der Waals surface area (Å²) in [5, 5.41) is 25.8. The fraction of sp³-hybridized carbons (Fsp3) is 0.516. The number of nitrogens with one attached hydrogen (secondary N) is 2. The van der Waals surface area contributed by atoms with Crippen LogP contribution in [0.3, 0.4) is 0 Å². The van der Waals surface area contributed by atoms with E-state index >= 15 is 0 Å². The maximum atomic E-state index is 14.0. The Bertz CT molecular complexity index is 1760. The highest BCUT2D eigenvalue weighted by atomic mass is 35.5. The highest BCUT2D eigenvalue weighted by molar-refractivity contribution is 7.92. The smallest absolute Gasteiger partial charge is 0.410 e. The lowest BCUT2D eigenvalue weighted by atomic mass is 9.33. The first-order chi connectivity index (χ1) is 22.0. The van der Waals surface area contributed by atoms with Crippen molar-refractivity contribution in [3.8, 4) is 0 Å². The minimum absolute atomic E-state index is 0.00238. The van der Waals surface area contributed by atoms with E-state index in [1.807, 2.05) is 6.92 Å². The van der Waals surface area contributed by atoms with Gasteiger partial charge in [0.05, 0.1) is 40.5 Å². The molecule has 6 rings (SSSR count). The maximum Gasteiger partial charge on any atom is 0.410 e. The van der Waals surface area contributed by atoms with Gasteiger partial charge in [0.1, 0.15) is 6.04 Å². The Labute approximate surface area is 273 Å². The van der Waals surface area contributed by atoms with E-state index < -0.39 is 79.5 Å². The largest absolute Gasteiger partial charge is 0.453 e. The molecular formula is C31H33ClF3N3O8S. The average molecular weight is 700 g/mol. The zero-order chi connectivity index (χ0) is 34.2. The molecule has 0 bridgehead atoms. The van der Waals surface area contributed by atoms with Crippen LogP contribution in [0, 0.1) is 40.6 Å². The number of benzene rings is 2. The first-order valence-corrected chi connectivity index (χ1v) is 17.0. The van der Waals surface area contributed by atoms with Crippen LogP contribution < -0.4 is 10.6 Å². The third kappa shape index (κ3) is 5.25. The van der Waals surface area contributed by atoms with Gasteiger partial charge in [-0.1, -0.05) is 18.5 Å².